The van der Waals surface area contributed by atoms with Gasteiger partial charge in [0.25, 0.3) is 11.8 Å². The summed E-state index contributed by atoms with van der Waals surface area (Å²) < 4.78 is 6.29. The SMILES string of the molecule is CC(C)(C)[Si](C)(C)Oc1ccc(C[C@@H](CN2C(=O)c3ccccc3C2=O)NC(=O)O)c(Cl)c1. The van der Waals surface area contributed by atoms with Gasteiger partial charge in [-0.1, -0.05) is 50.6 Å². The van der Waals surface area contributed by atoms with E-state index in [1.54, 1.807) is 36.4 Å². The summed E-state index contributed by atoms with van der Waals surface area (Å²) in [7, 11) is -2.04. The molecule has 0 unspecified atom stereocenters. The lowest BCUT2D eigenvalue weighted by molar-refractivity contribution is 0.0636. The molecule has 7 nitrogen and oxygen atoms in total. The fourth-order valence-electron chi connectivity index (χ4n) is 3.43. The van der Waals surface area contributed by atoms with Gasteiger partial charge in [-0.2, -0.15) is 0 Å². The van der Waals surface area contributed by atoms with Crippen LogP contribution in [0.5, 0.6) is 5.75 Å². The van der Waals surface area contributed by atoms with Crippen LogP contribution < -0.4 is 9.74 Å². The molecule has 1 aliphatic heterocycles. The van der Waals surface area contributed by atoms with Crippen LogP contribution in [0.25, 0.3) is 0 Å². The minimum absolute atomic E-state index is 0.0288. The summed E-state index contributed by atoms with van der Waals surface area (Å²) in [6.07, 6.45) is -1.04. The third kappa shape index (κ3) is 5.39. The number of carboxylic acid groups (broad SMARTS) is 1. The number of imide groups is 1. The van der Waals surface area contributed by atoms with Crippen molar-refractivity contribution >= 4 is 37.8 Å². The summed E-state index contributed by atoms with van der Waals surface area (Å²) in [5.41, 5.74) is 1.33. The Morgan fingerprint density at radius 1 is 1.12 bits per heavy atom. The van der Waals surface area contributed by atoms with E-state index in [0.29, 0.717) is 27.5 Å². The second-order valence-electron chi connectivity index (χ2n) is 9.73. The number of rotatable bonds is 7. The van der Waals surface area contributed by atoms with Gasteiger partial charge in [0, 0.05) is 5.02 Å². The van der Waals surface area contributed by atoms with Crippen molar-refractivity contribution in [2.75, 3.05) is 6.54 Å². The first-order valence-corrected chi connectivity index (χ1v) is 14.0. The molecule has 2 N–H and O–H groups in total. The second-order valence-corrected chi connectivity index (χ2v) is 14.9. The lowest BCUT2D eigenvalue weighted by Crippen LogP contribution is -2.46. The highest BCUT2D eigenvalue weighted by Crippen LogP contribution is 2.38. The average molecular weight is 489 g/mol. The van der Waals surface area contributed by atoms with Crippen LogP contribution in [0, 0.1) is 0 Å². The number of carbonyl (C=O) groups excluding carboxylic acids is 2. The molecule has 3 amide bonds. The molecule has 1 atom stereocenters. The Bertz CT molecular complexity index is 1060. The van der Waals surface area contributed by atoms with Gasteiger partial charge in [0.2, 0.25) is 8.32 Å². The first-order valence-electron chi connectivity index (χ1n) is 10.7. The van der Waals surface area contributed by atoms with E-state index in [4.69, 9.17) is 16.0 Å². The maximum absolute atomic E-state index is 12.7. The van der Waals surface area contributed by atoms with Crippen LogP contribution in [0.3, 0.4) is 0 Å². The minimum atomic E-state index is -2.04. The third-order valence-electron chi connectivity index (χ3n) is 6.28. The largest absolute Gasteiger partial charge is 0.543 e. The van der Waals surface area contributed by atoms with Gasteiger partial charge in [-0.25, -0.2) is 4.79 Å². The smallest absolute Gasteiger partial charge is 0.404 e. The number of fused-ring (bicyclic) bond motifs is 1. The van der Waals surface area contributed by atoms with E-state index in [9.17, 15) is 19.5 Å². The van der Waals surface area contributed by atoms with Gasteiger partial charge in [0.05, 0.1) is 23.7 Å². The van der Waals surface area contributed by atoms with Gasteiger partial charge >= 0.3 is 6.09 Å². The number of benzene rings is 2. The van der Waals surface area contributed by atoms with Crippen LogP contribution in [-0.2, 0) is 6.42 Å². The topological polar surface area (TPSA) is 95.9 Å². The molecule has 0 aliphatic carbocycles. The highest BCUT2D eigenvalue weighted by Gasteiger charge is 2.39. The molecule has 0 aromatic heterocycles. The molecule has 1 aliphatic rings. The molecule has 0 saturated carbocycles. The van der Waals surface area contributed by atoms with Crippen LogP contribution >= 0.6 is 11.6 Å². The molecule has 9 heteroatoms. The number of amides is 3. The lowest BCUT2D eigenvalue weighted by atomic mass is 10.0. The normalized spacial score (nSPS) is 14.8. The summed E-state index contributed by atoms with van der Waals surface area (Å²) in [5.74, 6) is -0.201. The maximum atomic E-state index is 12.7. The predicted molar refractivity (Wildman–Crippen MR) is 130 cm³/mol. The Kier molecular flexibility index (Phi) is 6.90. The standard InChI is InChI=1S/C24H29ClN2O5Si/c1-24(2,3)33(4,5)32-17-11-10-15(20(25)13-17)12-16(26-23(30)31)14-27-21(28)18-8-6-7-9-19(18)22(27)29/h6-11,13,16,26H,12,14H2,1-5H3,(H,30,31)/t16-/m0/s1. The molecule has 0 fully saturated rings. The van der Waals surface area contributed by atoms with E-state index in [1.165, 1.54) is 0 Å². The van der Waals surface area contributed by atoms with Crippen LogP contribution in [0.2, 0.25) is 23.2 Å². The van der Waals surface area contributed by atoms with E-state index in [0.717, 1.165) is 4.90 Å². The number of carbonyl (C=O) groups is 3. The van der Waals surface area contributed by atoms with E-state index in [1.807, 2.05) is 6.07 Å². The molecule has 3 rings (SSSR count). The van der Waals surface area contributed by atoms with Gasteiger partial charge in [-0.05, 0) is 54.4 Å². The molecule has 1 heterocycles. The molecular weight excluding hydrogens is 460 g/mol. The van der Waals surface area contributed by atoms with Crippen LogP contribution in [0.1, 0.15) is 47.1 Å². The predicted octanol–water partition coefficient (Wildman–Crippen LogP) is 5.20. The van der Waals surface area contributed by atoms with Crippen LogP contribution in [0.15, 0.2) is 42.5 Å². The van der Waals surface area contributed by atoms with Crippen molar-refractivity contribution in [2.45, 2.75) is 51.4 Å². The van der Waals surface area contributed by atoms with Gasteiger partial charge in [0.1, 0.15) is 5.75 Å². The maximum Gasteiger partial charge on any atom is 0.404 e. The third-order valence-corrected chi connectivity index (χ3v) is 11.0. The Morgan fingerprint density at radius 3 is 2.18 bits per heavy atom. The van der Waals surface area contributed by atoms with Crippen LogP contribution in [-0.4, -0.2) is 48.8 Å². The van der Waals surface area contributed by atoms with Gasteiger partial charge in [0.15, 0.2) is 0 Å². The van der Waals surface area contributed by atoms with E-state index < -0.39 is 32.3 Å². The summed E-state index contributed by atoms with van der Waals surface area (Å²) >= 11 is 6.51. The lowest BCUT2D eigenvalue weighted by Gasteiger charge is -2.36. The molecule has 0 spiro atoms. The Balaban J connectivity index is 1.78. The fourth-order valence-corrected chi connectivity index (χ4v) is 4.70. The zero-order valence-corrected chi connectivity index (χ0v) is 21.2. The number of halogens is 1. The summed E-state index contributed by atoms with van der Waals surface area (Å²) in [4.78, 5) is 37.9. The van der Waals surface area contributed by atoms with Crippen molar-refractivity contribution in [1.82, 2.24) is 10.2 Å². The molecule has 2 aromatic rings. The van der Waals surface area contributed by atoms with Crippen molar-refractivity contribution in [1.29, 1.82) is 0 Å². The average Bonchev–Trinajstić information content (AvgIpc) is 2.93. The van der Waals surface area contributed by atoms with Crippen molar-refractivity contribution in [3.05, 3.63) is 64.2 Å². The molecular formula is C24H29ClN2O5Si. The number of nitrogens with zero attached hydrogens (tertiary/aromatic N) is 1. The number of hydrogen-bond acceptors (Lipinski definition) is 4. The summed E-state index contributed by atoms with van der Waals surface area (Å²) in [5, 5.41) is 12.2. The molecule has 176 valence electrons. The van der Waals surface area contributed by atoms with E-state index in [2.05, 4.69) is 39.2 Å². The number of hydrogen-bond donors (Lipinski definition) is 2. The van der Waals surface area contributed by atoms with Crippen molar-refractivity contribution < 1.29 is 23.9 Å². The quantitative estimate of drug-likeness (QED) is 0.412. The van der Waals surface area contributed by atoms with Crippen molar-refractivity contribution in [2.24, 2.45) is 0 Å². The molecule has 0 bridgehead atoms. The van der Waals surface area contributed by atoms with E-state index in [-0.39, 0.29) is 18.0 Å². The molecule has 0 radical (unpaired) electrons. The van der Waals surface area contributed by atoms with Crippen LogP contribution in [0.4, 0.5) is 4.79 Å². The molecule has 2 aromatic carbocycles. The van der Waals surface area contributed by atoms with Crippen molar-refractivity contribution in [3.63, 3.8) is 0 Å². The highest BCUT2D eigenvalue weighted by atomic mass is 35.5. The minimum Gasteiger partial charge on any atom is -0.543 e. The molecule has 0 saturated heterocycles. The fraction of sp³-hybridized carbons (Fsp3) is 0.375. The summed E-state index contributed by atoms with van der Waals surface area (Å²) in [6, 6.07) is 11.2. The number of nitrogens with one attached hydrogen (secondary N) is 1. The zero-order chi connectivity index (χ0) is 24.6. The Morgan fingerprint density at radius 2 is 1.70 bits per heavy atom. The monoisotopic (exact) mass is 488 g/mol. The highest BCUT2D eigenvalue weighted by molar-refractivity contribution is 6.74. The Hall–Kier alpha value is -2.84. The van der Waals surface area contributed by atoms with Gasteiger partial charge in [-0.3, -0.25) is 14.5 Å². The zero-order valence-electron chi connectivity index (χ0n) is 19.4. The Labute approximate surface area is 199 Å². The van der Waals surface area contributed by atoms with E-state index >= 15 is 0 Å². The summed E-state index contributed by atoms with van der Waals surface area (Å²) in [6.45, 7) is 10.6. The second kappa shape index (κ2) is 9.19. The van der Waals surface area contributed by atoms with Gasteiger partial charge in [-0.15, -0.1) is 0 Å². The molecule has 33 heavy (non-hydrogen) atoms. The van der Waals surface area contributed by atoms with Crippen molar-refractivity contribution in [3.8, 4) is 5.75 Å². The first-order chi connectivity index (χ1) is 15.3. The van der Waals surface area contributed by atoms with Gasteiger partial charge < -0.3 is 14.8 Å². The first kappa shape index (κ1) is 24.8.